The van der Waals surface area contributed by atoms with Gasteiger partial charge >= 0.3 is 0 Å². The summed E-state index contributed by atoms with van der Waals surface area (Å²) in [5, 5.41) is 0.00708. The minimum atomic E-state index is -1.13. The van der Waals surface area contributed by atoms with Crippen molar-refractivity contribution in [2.24, 2.45) is 17.4 Å². The minimum absolute atomic E-state index is 0.00708. The molecule has 7 heteroatoms. The van der Waals surface area contributed by atoms with E-state index in [1.54, 1.807) is 11.8 Å². The van der Waals surface area contributed by atoms with Gasteiger partial charge in [0, 0.05) is 0 Å². The molecule has 2 rings (SSSR count). The molecule has 0 aromatic rings. The Hall–Kier alpha value is 0.110. The van der Waals surface area contributed by atoms with Crippen LogP contribution in [0.25, 0.3) is 0 Å². The van der Waals surface area contributed by atoms with Crippen molar-refractivity contribution in [2.45, 2.75) is 36.7 Å². The van der Waals surface area contributed by atoms with Crippen LogP contribution in [0.5, 0.6) is 0 Å². The fourth-order valence-corrected chi connectivity index (χ4v) is 2.78. The molecule has 2 aliphatic rings. The van der Waals surface area contributed by atoms with Crippen LogP contribution in [0.2, 0.25) is 0 Å². The quantitative estimate of drug-likeness (QED) is 0.561. The second-order valence-electron chi connectivity index (χ2n) is 3.56. The van der Waals surface area contributed by atoms with E-state index in [9.17, 15) is 0 Å². The average Bonchev–Trinajstić information content (AvgIpc) is 2.70. The summed E-state index contributed by atoms with van der Waals surface area (Å²) in [5.41, 5.74) is 9.99. The predicted octanol–water partition coefficient (Wildman–Crippen LogP) is -0.626. The van der Waals surface area contributed by atoms with Crippen LogP contribution in [-0.2, 0) is 14.3 Å². The summed E-state index contributed by atoms with van der Waals surface area (Å²) in [6, 6.07) is 0. The van der Waals surface area contributed by atoms with E-state index in [1.165, 1.54) is 0 Å². The van der Waals surface area contributed by atoms with Crippen LogP contribution in [0.1, 0.15) is 13.8 Å². The molecule has 16 heavy (non-hydrogen) atoms. The summed E-state index contributed by atoms with van der Waals surface area (Å²) in [5.74, 6) is 5.12. The van der Waals surface area contributed by atoms with Crippen LogP contribution < -0.4 is 17.4 Å². The smallest absolute Gasteiger partial charge is 0.191 e. The molecule has 0 aromatic carbocycles. The molecular formula is C9H21N3O3S. The number of ether oxygens (including phenoxy) is 2. The second-order valence-corrected chi connectivity index (χ2v) is 4.60. The van der Waals surface area contributed by atoms with Crippen LogP contribution >= 0.6 is 11.8 Å². The summed E-state index contributed by atoms with van der Waals surface area (Å²) >= 11 is 1.57. The molecule has 0 amide bonds. The normalized spacial score (nSPS) is 46.1. The van der Waals surface area contributed by atoms with Gasteiger partial charge < -0.3 is 9.47 Å². The Labute approximate surface area is 100 Å². The zero-order chi connectivity index (χ0) is 12.4. The van der Waals surface area contributed by atoms with Crippen molar-refractivity contribution < 1.29 is 14.3 Å². The molecule has 96 valence electrons. The molecule has 2 fully saturated rings. The lowest BCUT2D eigenvalue weighted by molar-refractivity contribution is -0.125. The molecule has 4 atom stereocenters. The van der Waals surface area contributed by atoms with Crippen molar-refractivity contribution in [2.75, 3.05) is 19.5 Å². The van der Waals surface area contributed by atoms with Gasteiger partial charge in [0.05, 0.1) is 18.5 Å². The summed E-state index contributed by atoms with van der Waals surface area (Å²) < 4.78 is 11.0. The monoisotopic (exact) mass is 251 g/mol. The molecule has 2 heterocycles. The van der Waals surface area contributed by atoms with Gasteiger partial charge in [0.15, 0.2) is 11.4 Å². The highest BCUT2D eigenvalue weighted by atomic mass is 32.2. The van der Waals surface area contributed by atoms with E-state index in [0.717, 1.165) is 0 Å². The molecule has 1 unspecified atom stereocenters. The van der Waals surface area contributed by atoms with Gasteiger partial charge in [-0.15, -0.1) is 0 Å². The fraction of sp³-hybridized carbons (Fsp3) is 1.00. The first-order chi connectivity index (χ1) is 7.58. The number of hydrogen-bond donors (Lipinski definition) is 3. The molecule has 0 saturated carbocycles. The maximum atomic E-state index is 6.09. The van der Waals surface area contributed by atoms with Crippen molar-refractivity contribution in [3.8, 4) is 0 Å². The average molecular weight is 251 g/mol. The Morgan fingerprint density at radius 1 is 1.19 bits per heavy atom. The van der Waals surface area contributed by atoms with Gasteiger partial charge in [0.1, 0.15) is 6.10 Å². The topological polar surface area (TPSA) is 106 Å². The Morgan fingerprint density at radius 3 is 2.25 bits per heavy atom. The highest BCUT2D eigenvalue weighted by Crippen LogP contribution is 2.44. The first-order valence-electron chi connectivity index (χ1n) is 5.32. The Morgan fingerprint density at radius 2 is 1.75 bits per heavy atom. The zero-order valence-electron chi connectivity index (χ0n) is 9.93. The Bertz CT molecular complexity index is 222. The molecule has 2 saturated heterocycles. The van der Waals surface area contributed by atoms with Gasteiger partial charge in [0.25, 0.3) is 0 Å². The molecular weight excluding hydrogens is 230 g/mol. The third-order valence-electron chi connectivity index (χ3n) is 2.96. The maximum Gasteiger partial charge on any atom is 0.191 e. The van der Waals surface area contributed by atoms with Crippen molar-refractivity contribution in [3.63, 3.8) is 0 Å². The van der Waals surface area contributed by atoms with Gasteiger partial charge in [0.2, 0.25) is 0 Å². The minimum Gasteiger partial charge on any atom is -0.352 e. The van der Waals surface area contributed by atoms with E-state index in [4.69, 9.17) is 31.7 Å². The van der Waals surface area contributed by atoms with Crippen molar-refractivity contribution in [1.82, 2.24) is 0 Å². The van der Waals surface area contributed by atoms with E-state index in [0.29, 0.717) is 6.61 Å². The number of hydrogen-bond acceptors (Lipinski definition) is 7. The van der Waals surface area contributed by atoms with Gasteiger partial charge in [-0.1, -0.05) is 13.8 Å². The van der Waals surface area contributed by atoms with Crippen LogP contribution in [0.15, 0.2) is 0 Å². The third kappa shape index (κ3) is 1.76. The first kappa shape index (κ1) is 14.2. The highest BCUT2D eigenvalue weighted by Gasteiger charge is 2.67. The van der Waals surface area contributed by atoms with Gasteiger partial charge in [-0.3, -0.25) is 16.3 Å². The van der Waals surface area contributed by atoms with Gasteiger partial charge in [-0.2, -0.15) is 11.8 Å². The summed E-state index contributed by atoms with van der Waals surface area (Å²) in [4.78, 5) is 4.72. The molecule has 0 aromatic heterocycles. The maximum absolute atomic E-state index is 6.09. The lowest BCUT2D eigenvalue weighted by Crippen LogP contribution is -2.68. The van der Waals surface area contributed by atoms with E-state index >= 15 is 0 Å². The van der Waals surface area contributed by atoms with Crippen molar-refractivity contribution in [1.29, 1.82) is 0 Å². The molecule has 0 aliphatic carbocycles. The second kappa shape index (κ2) is 5.18. The van der Waals surface area contributed by atoms with E-state index in [-0.39, 0.29) is 11.9 Å². The largest absolute Gasteiger partial charge is 0.352 e. The molecule has 6 nitrogen and oxygen atoms in total. The first-order valence-corrected chi connectivity index (χ1v) is 6.61. The fourth-order valence-electron chi connectivity index (χ4n) is 1.97. The Balaban J connectivity index is 0.000000606. The molecule has 0 radical (unpaired) electrons. The van der Waals surface area contributed by atoms with Crippen molar-refractivity contribution >= 4 is 11.8 Å². The number of nitrogens with two attached hydrogens (primary N) is 3. The number of thioether (sulfide) groups is 1. The standard InChI is InChI=1S/C7H15N3O3S.C2H6/c1-14-5-3-12-6(8)4(13-10)2-11-7(5,6)9;1-2/h4-5H,2-3,8-10H2,1H3;1-2H3/t4?,5-,6+,7+;/m0./s1. The molecule has 0 bridgehead atoms. The lowest BCUT2D eigenvalue weighted by atomic mass is 9.98. The lowest BCUT2D eigenvalue weighted by Gasteiger charge is -2.34. The van der Waals surface area contributed by atoms with Crippen LogP contribution in [0.3, 0.4) is 0 Å². The van der Waals surface area contributed by atoms with E-state index in [1.807, 2.05) is 20.1 Å². The predicted molar refractivity (Wildman–Crippen MR) is 63.5 cm³/mol. The van der Waals surface area contributed by atoms with Gasteiger partial charge in [-0.05, 0) is 6.26 Å². The Kier molecular flexibility index (Phi) is 4.58. The third-order valence-corrected chi connectivity index (χ3v) is 4.02. The summed E-state index contributed by atoms with van der Waals surface area (Å²) in [6.45, 7) is 4.72. The van der Waals surface area contributed by atoms with Gasteiger partial charge in [-0.25, -0.2) is 5.90 Å². The SMILES string of the molecule is CC.CS[C@H]1CO[C@]2(N)C(ON)CO[C@]12N. The van der Waals surface area contributed by atoms with E-state index in [2.05, 4.69) is 0 Å². The summed E-state index contributed by atoms with van der Waals surface area (Å²) in [7, 11) is 0. The summed E-state index contributed by atoms with van der Waals surface area (Å²) in [6.07, 6.45) is 1.43. The number of fused-ring (bicyclic) bond motifs is 1. The van der Waals surface area contributed by atoms with E-state index < -0.39 is 17.6 Å². The van der Waals surface area contributed by atoms with Crippen molar-refractivity contribution in [3.05, 3.63) is 0 Å². The zero-order valence-corrected chi connectivity index (χ0v) is 10.8. The molecule has 6 N–H and O–H groups in total. The highest BCUT2D eigenvalue weighted by molar-refractivity contribution is 7.99. The molecule has 2 aliphatic heterocycles. The van der Waals surface area contributed by atoms with Crippen LogP contribution in [0.4, 0.5) is 0 Å². The number of rotatable bonds is 2. The molecule has 0 spiro atoms. The van der Waals surface area contributed by atoms with Crippen LogP contribution in [-0.4, -0.2) is 42.3 Å². The van der Waals surface area contributed by atoms with Crippen LogP contribution in [0, 0.1) is 0 Å².